The summed E-state index contributed by atoms with van der Waals surface area (Å²) in [6.45, 7) is 4.26. The molecule has 0 fully saturated rings. The molecule has 1 aromatic carbocycles. The first-order chi connectivity index (χ1) is 8.66. The Morgan fingerprint density at radius 3 is 2.67 bits per heavy atom. The topological polar surface area (TPSA) is 29.1 Å². The van der Waals surface area contributed by atoms with Crippen molar-refractivity contribution in [3.63, 3.8) is 0 Å². The molecule has 3 heteroatoms. The lowest BCUT2D eigenvalue weighted by Crippen LogP contribution is -2.15. The molecule has 94 valence electrons. The molecule has 0 radical (unpaired) electrons. The van der Waals surface area contributed by atoms with Crippen molar-refractivity contribution in [2.75, 3.05) is 5.32 Å². The summed E-state index contributed by atoms with van der Waals surface area (Å²) in [5.41, 5.74) is 2.10. The minimum Gasteiger partial charge on any atom is -0.326 e. The van der Waals surface area contributed by atoms with Gasteiger partial charge in [-0.2, -0.15) is 0 Å². The van der Waals surface area contributed by atoms with Gasteiger partial charge >= 0.3 is 0 Å². The van der Waals surface area contributed by atoms with Crippen LogP contribution in [0.1, 0.15) is 30.2 Å². The molecule has 1 heterocycles. The van der Waals surface area contributed by atoms with E-state index < -0.39 is 0 Å². The third-order valence-electron chi connectivity index (χ3n) is 2.77. The summed E-state index contributed by atoms with van der Waals surface area (Å²) in [5.74, 6) is 0.453. The zero-order valence-corrected chi connectivity index (χ0v) is 11.5. The Bertz CT molecular complexity index is 517. The van der Waals surface area contributed by atoms with Gasteiger partial charge in [-0.05, 0) is 29.0 Å². The molecule has 2 rings (SSSR count). The number of nitrogens with one attached hydrogen (secondary N) is 1. The number of anilines is 1. The van der Waals surface area contributed by atoms with Crippen LogP contribution in [0.2, 0.25) is 0 Å². The molecule has 0 unspecified atom stereocenters. The van der Waals surface area contributed by atoms with Gasteiger partial charge in [-0.15, -0.1) is 11.3 Å². The Kier molecular flexibility index (Phi) is 4.15. The Balaban J connectivity index is 2.07. The van der Waals surface area contributed by atoms with Crippen LogP contribution in [0.5, 0.6) is 0 Å². The summed E-state index contributed by atoms with van der Waals surface area (Å²) in [5, 5.41) is 4.99. The van der Waals surface area contributed by atoms with Crippen molar-refractivity contribution in [3.8, 4) is 0 Å². The van der Waals surface area contributed by atoms with Gasteiger partial charge in [0.25, 0.3) is 0 Å². The van der Waals surface area contributed by atoms with Gasteiger partial charge < -0.3 is 5.32 Å². The monoisotopic (exact) mass is 259 g/mol. The molecule has 2 nitrogen and oxygen atoms in total. The van der Waals surface area contributed by atoms with Crippen LogP contribution in [0.3, 0.4) is 0 Å². The molecule has 18 heavy (non-hydrogen) atoms. The molecule has 1 amide bonds. The van der Waals surface area contributed by atoms with E-state index in [1.807, 2.05) is 35.7 Å². The third kappa shape index (κ3) is 3.20. The van der Waals surface area contributed by atoms with Gasteiger partial charge in [0, 0.05) is 10.6 Å². The third-order valence-corrected chi connectivity index (χ3v) is 3.65. The van der Waals surface area contributed by atoms with E-state index in [0.717, 1.165) is 10.6 Å². The van der Waals surface area contributed by atoms with Crippen molar-refractivity contribution in [2.45, 2.75) is 26.2 Å². The summed E-state index contributed by atoms with van der Waals surface area (Å²) in [7, 11) is 0. The van der Waals surface area contributed by atoms with Crippen molar-refractivity contribution in [1.82, 2.24) is 0 Å². The molecule has 1 N–H and O–H groups in total. The van der Waals surface area contributed by atoms with Crippen LogP contribution < -0.4 is 5.32 Å². The van der Waals surface area contributed by atoms with E-state index in [0.29, 0.717) is 12.3 Å². The smallest absolute Gasteiger partial charge is 0.229 e. The Morgan fingerprint density at radius 2 is 2.00 bits per heavy atom. The highest BCUT2D eigenvalue weighted by molar-refractivity contribution is 7.10. The van der Waals surface area contributed by atoms with Crippen LogP contribution in [-0.4, -0.2) is 5.91 Å². The van der Waals surface area contributed by atoms with E-state index in [-0.39, 0.29) is 5.91 Å². The summed E-state index contributed by atoms with van der Waals surface area (Å²) in [4.78, 5) is 13.0. The molecule has 0 atom stereocenters. The number of hydrogen-bond donors (Lipinski definition) is 1. The first-order valence-electron chi connectivity index (χ1n) is 6.08. The SMILES string of the molecule is CC(C)c1ccccc1NC(=O)Cc1cccs1. The molecular weight excluding hydrogens is 242 g/mol. The number of hydrogen-bond acceptors (Lipinski definition) is 2. The summed E-state index contributed by atoms with van der Waals surface area (Å²) >= 11 is 1.61. The predicted octanol–water partition coefficient (Wildman–Crippen LogP) is 4.05. The van der Waals surface area contributed by atoms with Gasteiger partial charge in [0.2, 0.25) is 5.91 Å². The lowest BCUT2D eigenvalue weighted by Gasteiger charge is -2.13. The average molecular weight is 259 g/mol. The summed E-state index contributed by atoms with van der Waals surface area (Å²) in [6, 6.07) is 11.9. The van der Waals surface area contributed by atoms with Crippen molar-refractivity contribution < 1.29 is 4.79 Å². The van der Waals surface area contributed by atoms with E-state index in [2.05, 4.69) is 25.2 Å². The quantitative estimate of drug-likeness (QED) is 0.881. The highest BCUT2D eigenvalue weighted by Crippen LogP contribution is 2.23. The molecule has 0 aliphatic rings. The van der Waals surface area contributed by atoms with Crippen molar-refractivity contribution in [2.24, 2.45) is 0 Å². The van der Waals surface area contributed by atoms with Gasteiger partial charge in [-0.25, -0.2) is 0 Å². The number of carbonyl (C=O) groups excluding carboxylic acids is 1. The van der Waals surface area contributed by atoms with E-state index in [1.54, 1.807) is 11.3 Å². The van der Waals surface area contributed by atoms with Crippen LogP contribution in [0.4, 0.5) is 5.69 Å². The first-order valence-corrected chi connectivity index (χ1v) is 6.96. The molecule has 0 aliphatic carbocycles. The Morgan fingerprint density at radius 1 is 1.22 bits per heavy atom. The average Bonchev–Trinajstić information content (AvgIpc) is 2.82. The second-order valence-corrected chi connectivity index (χ2v) is 5.58. The van der Waals surface area contributed by atoms with Gasteiger partial charge in [0.05, 0.1) is 6.42 Å². The number of amides is 1. The lowest BCUT2D eigenvalue weighted by atomic mass is 10.0. The van der Waals surface area contributed by atoms with Gasteiger partial charge in [0.15, 0.2) is 0 Å². The Hall–Kier alpha value is -1.61. The van der Waals surface area contributed by atoms with Gasteiger partial charge in [-0.3, -0.25) is 4.79 Å². The number of rotatable bonds is 4. The van der Waals surface area contributed by atoms with Gasteiger partial charge in [-0.1, -0.05) is 38.1 Å². The highest BCUT2D eigenvalue weighted by atomic mass is 32.1. The summed E-state index contributed by atoms with van der Waals surface area (Å²) < 4.78 is 0. The number of para-hydroxylation sites is 1. The maximum Gasteiger partial charge on any atom is 0.229 e. The molecule has 0 bridgehead atoms. The largest absolute Gasteiger partial charge is 0.326 e. The fourth-order valence-corrected chi connectivity index (χ4v) is 2.58. The molecule has 0 aliphatic heterocycles. The standard InChI is InChI=1S/C15H17NOS/c1-11(2)13-7-3-4-8-14(13)16-15(17)10-12-6-5-9-18-12/h3-9,11H,10H2,1-2H3,(H,16,17). The molecule has 0 spiro atoms. The zero-order chi connectivity index (χ0) is 13.0. The van der Waals surface area contributed by atoms with Crippen molar-refractivity contribution in [3.05, 3.63) is 52.2 Å². The van der Waals surface area contributed by atoms with E-state index in [1.165, 1.54) is 5.56 Å². The van der Waals surface area contributed by atoms with Crippen molar-refractivity contribution >= 4 is 22.9 Å². The fourth-order valence-electron chi connectivity index (χ4n) is 1.88. The van der Waals surface area contributed by atoms with Gasteiger partial charge in [0.1, 0.15) is 0 Å². The maximum atomic E-state index is 12.0. The van der Waals surface area contributed by atoms with Crippen LogP contribution in [0.25, 0.3) is 0 Å². The lowest BCUT2D eigenvalue weighted by molar-refractivity contribution is -0.115. The summed E-state index contributed by atoms with van der Waals surface area (Å²) in [6.07, 6.45) is 0.449. The molecule has 1 aromatic heterocycles. The van der Waals surface area contributed by atoms with E-state index in [9.17, 15) is 4.79 Å². The van der Waals surface area contributed by atoms with Crippen LogP contribution in [-0.2, 0) is 11.2 Å². The van der Waals surface area contributed by atoms with Crippen LogP contribution in [0.15, 0.2) is 41.8 Å². The van der Waals surface area contributed by atoms with E-state index in [4.69, 9.17) is 0 Å². The minimum atomic E-state index is 0.0468. The number of carbonyl (C=O) groups is 1. The maximum absolute atomic E-state index is 12.0. The number of thiophene rings is 1. The van der Waals surface area contributed by atoms with Crippen LogP contribution in [0, 0.1) is 0 Å². The minimum absolute atomic E-state index is 0.0468. The molecule has 0 saturated carbocycles. The number of benzene rings is 1. The fraction of sp³-hybridized carbons (Fsp3) is 0.267. The second-order valence-electron chi connectivity index (χ2n) is 4.55. The normalized spacial score (nSPS) is 10.6. The molecular formula is C15H17NOS. The predicted molar refractivity (Wildman–Crippen MR) is 77.2 cm³/mol. The van der Waals surface area contributed by atoms with E-state index >= 15 is 0 Å². The first kappa shape index (κ1) is 12.8. The van der Waals surface area contributed by atoms with Crippen molar-refractivity contribution in [1.29, 1.82) is 0 Å². The molecule has 2 aromatic rings. The van der Waals surface area contributed by atoms with Crippen LogP contribution >= 0.6 is 11.3 Å². The highest BCUT2D eigenvalue weighted by Gasteiger charge is 2.09. The Labute approximate surface area is 112 Å². The second kappa shape index (κ2) is 5.83. The molecule has 0 saturated heterocycles. The zero-order valence-electron chi connectivity index (χ0n) is 10.6.